The number of ether oxygens (including phenoxy) is 2. The van der Waals surface area contributed by atoms with Gasteiger partial charge in [-0.2, -0.15) is 0 Å². The van der Waals surface area contributed by atoms with Crippen LogP contribution in [-0.2, 0) is 9.47 Å². The van der Waals surface area contributed by atoms with Gasteiger partial charge in [-0.05, 0) is 6.42 Å². The Hall–Kier alpha value is 0.500. The first-order valence-corrected chi connectivity index (χ1v) is 10.2. The predicted molar refractivity (Wildman–Crippen MR) is 98.5 cm³/mol. The molecule has 0 aromatic rings. The van der Waals surface area contributed by atoms with Crippen molar-refractivity contribution < 1.29 is 9.47 Å². The quantitative estimate of drug-likeness (QED) is 0.216. The Bertz CT molecular complexity index is 204. The molecule has 0 aliphatic heterocycles. The lowest BCUT2D eigenvalue weighted by atomic mass is 10.0. The molecule has 0 aliphatic rings. The summed E-state index contributed by atoms with van der Waals surface area (Å²) in [6, 6.07) is 0. The van der Waals surface area contributed by atoms with E-state index in [-0.39, 0.29) is 6.10 Å². The molecule has 0 saturated carbocycles. The van der Waals surface area contributed by atoms with E-state index in [0.717, 1.165) is 6.42 Å². The Morgan fingerprint density at radius 1 is 0.727 bits per heavy atom. The Morgan fingerprint density at radius 3 is 1.86 bits per heavy atom. The van der Waals surface area contributed by atoms with Crippen LogP contribution in [0, 0.1) is 0 Å². The van der Waals surface area contributed by atoms with Gasteiger partial charge in [-0.1, -0.05) is 71.1 Å². The second kappa shape index (κ2) is 19.5. The fourth-order valence-electron chi connectivity index (χ4n) is 2.49. The Labute approximate surface area is 148 Å². The van der Waals surface area contributed by atoms with E-state index in [1.165, 1.54) is 64.2 Å². The van der Waals surface area contributed by atoms with Gasteiger partial charge in [-0.15, -0.1) is 23.2 Å². The second-order valence-electron chi connectivity index (χ2n) is 5.92. The lowest BCUT2D eigenvalue weighted by molar-refractivity contribution is 0.0131. The van der Waals surface area contributed by atoms with Gasteiger partial charge in [-0.3, -0.25) is 0 Å². The molecule has 0 aliphatic carbocycles. The van der Waals surface area contributed by atoms with Crippen molar-refractivity contribution in [3.05, 3.63) is 0 Å². The molecule has 134 valence electrons. The van der Waals surface area contributed by atoms with Gasteiger partial charge >= 0.3 is 0 Å². The largest absolute Gasteiger partial charge is 0.378 e. The molecule has 0 N–H and O–H groups in total. The first-order chi connectivity index (χ1) is 10.8. The van der Waals surface area contributed by atoms with Gasteiger partial charge in [0.2, 0.25) is 0 Å². The monoisotopic (exact) mass is 354 g/mol. The van der Waals surface area contributed by atoms with Crippen molar-refractivity contribution in [1.82, 2.24) is 0 Å². The number of unbranched alkanes of at least 4 members (excludes halogenated alkanes) is 9. The zero-order valence-electron chi connectivity index (χ0n) is 14.5. The maximum absolute atomic E-state index is 5.94. The molecule has 1 atom stereocenters. The Kier molecular flexibility index (Phi) is 20.0. The minimum absolute atomic E-state index is 0.176. The number of rotatable bonds is 18. The molecule has 0 unspecified atom stereocenters. The SMILES string of the molecule is CCCCCCCCCCCC[C@H](CCl)OCCOCCCl. The van der Waals surface area contributed by atoms with Crippen molar-refractivity contribution in [3.63, 3.8) is 0 Å². The highest BCUT2D eigenvalue weighted by Crippen LogP contribution is 2.13. The van der Waals surface area contributed by atoms with E-state index in [1.54, 1.807) is 0 Å². The summed E-state index contributed by atoms with van der Waals surface area (Å²) in [4.78, 5) is 0. The summed E-state index contributed by atoms with van der Waals surface area (Å²) >= 11 is 11.5. The summed E-state index contributed by atoms with van der Waals surface area (Å²) in [7, 11) is 0. The molecule has 0 rings (SSSR count). The minimum Gasteiger partial charge on any atom is -0.378 e. The lowest BCUT2D eigenvalue weighted by Crippen LogP contribution is -2.18. The van der Waals surface area contributed by atoms with E-state index in [4.69, 9.17) is 32.7 Å². The van der Waals surface area contributed by atoms with Crippen LogP contribution in [-0.4, -0.2) is 37.7 Å². The average Bonchev–Trinajstić information content (AvgIpc) is 2.54. The third kappa shape index (κ3) is 16.9. The maximum Gasteiger partial charge on any atom is 0.0711 e. The third-order valence-electron chi connectivity index (χ3n) is 3.85. The molecule has 0 radical (unpaired) electrons. The number of hydrogen-bond acceptors (Lipinski definition) is 2. The van der Waals surface area contributed by atoms with Gasteiger partial charge in [0.15, 0.2) is 0 Å². The van der Waals surface area contributed by atoms with Crippen LogP contribution < -0.4 is 0 Å². The van der Waals surface area contributed by atoms with Crippen LogP contribution in [0.1, 0.15) is 77.6 Å². The number of hydrogen-bond donors (Lipinski definition) is 0. The highest BCUT2D eigenvalue weighted by atomic mass is 35.5. The standard InChI is InChI=1S/C18H36Cl2O2/c1-2-3-4-5-6-7-8-9-10-11-12-18(17-20)22-16-15-21-14-13-19/h18H,2-17H2,1H3/t18-/m1/s1. The van der Waals surface area contributed by atoms with Crippen LogP contribution in [0.4, 0.5) is 0 Å². The van der Waals surface area contributed by atoms with E-state index < -0.39 is 0 Å². The molecule has 0 aromatic carbocycles. The van der Waals surface area contributed by atoms with E-state index >= 15 is 0 Å². The maximum atomic E-state index is 5.94. The average molecular weight is 355 g/mol. The smallest absolute Gasteiger partial charge is 0.0711 e. The van der Waals surface area contributed by atoms with E-state index in [2.05, 4.69) is 6.92 Å². The van der Waals surface area contributed by atoms with Gasteiger partial charge < -0.3 is 9.47 Å². The lowest BCUT2D eigenvalue weighted by Gasteiger charge is -2.15. The second-order valence-corrected chi connectivity index (χ2v) is 6.61. The zero-order valence-corrected chi connectivity index (χ0v) is 16.0. The number of halogens is 2. The van der Waals surface area contributed by atoms with Crippen LogP contribution in [0.15, 0.2) is 0 Å². The molecular weight excluding hydrogens is 319 g/mol. The normalized spacial score (nSPS) is 12.7. The molecule has 4 heteroatoms. The fourth-order valence-corrected chi connectivity index (χ4v) is 2.85. The van der Waals surface area contributed by atoms with Crippen LogP contribution in [0.2, 0.25) is 0 Å². The van der Waals surface area contributed by atoms with Crippen LogP contribution in [0.3, 0.4) is 0 Å². The molecule has 0 heterocycles. The Balaban J connectivity index is 3.25. The van der Waals surface area contributed by atoms with Crippen LogP contribution >= 0.6 is 23.2 Å². The number of alkyl halides is 2. The Morgan fingerprint density at radius 2 is 1.32 bits per heavy atom. The molecular formula is C18H36Cl2O2. The van der Waals surface area contributed by atoms with Crippen molar-refractivity contribution in [2.24, 2.45) is 0 Å². The fraction of sp³-hybridized carbons (Fsp3) is 1.00. The molecule has 0 saturated heterocycles. The summed E-state index contributed by atoms with van der Waals surface area (Å²) in [6.45, 7) is 4.09. The molecule has 0 bridgehead atoms. The summed E-state index contributed by atoms with van der Waals surface area (Å²) in [5.41, 5.74) is 0. The van der Waals surface area contributed by atoms with Gasteiger partial charge in [-0.25, -0.2) is 0 Å². The van der Waals surface area contributed by atoms with Gasteiger partial charge in [0.25, 0.3) is 0 Å². The molecule has 0 spiro atoms. The van der Waals surface area contributed by atoms with Crippen molar-refractivity contribution in [3.8, 4) is 0 Å². The highest BCUT2D eigenvalue weighted by Gasteiger charge is 2.07. The minimum atomic E-state index is 0.176. The molecule has 0 fully saturated rings. The van der Waals surface area contributed by atoms with Crippen LogP contribution in [0.25, 0.3) is 0 Å². The summed E-state index contributed by atoms with van der Waals surface area (Å²) in [6.07, 6.45) is 14.9. The molecule has 0 aromatic heterocycles. The zero-order chi connectivity index (χ0) is 16.3. The molecule has 22 heavy (non-hydrogen) atoms. The summed E-state index contributed by atoms with van der Waals surface area (Å²) in [5.74, 6) is 1.12. The topological polar surface area (TPSA) is 18.5 Å². The van der Waals surface area contributed by atoms with E-state index in [0.29, 0.717) is 31.6 Å². The third-order valence-corrected chi connectivity index (χ3v) is 4.35. The van der Waals surface area contributed by atoms with E-state index in [9.17, 15) is 0 Å². The summed E-state index contributed by atoms with van der Waals surface area (Å²) < 4.78 is 11.0. The van der Waals surface area contributed by atoms with Crippen molar-refractivity contribution in [1.29, 1.82) is 0 Å². The van der Waals surface area contributed by atoms with Crippen molar-refractivity contribution in [2.45, 2.75) is 83.7 Å². The first kappa shape index (κ1) is 22.5. The molecule has 0 amide bonds. The molecule has 2 nitrogen and oxygen atoms in total. The summed E-state index contributed by atoms with van der Waals surface area (Å²) in [5, 5.41) is 0. The van der Waals surface area contributed by atoms with Crippen molar-refractivity contribution >= 4 is 23.2 Å². The van der Waals surface area contributed by atoms with Gasteiger partial charge in [0.05, 0.1) is 25.9 Å². The predicted octanol–water partition coefficient (Wildman–Crippen LogP) is 6.18. The van der Waals surface area contributed by atoms with Gasteiger partial charge in [0.1, 0.15) is 0 Å². The van der Waals surface area contributed by atoms with E-state index in [1.807, 2.05) is 0 Å². The van der Waals surface area contributed by atoms with Crippen LogP contribution in [0.5, 0.6) is 0 Å². The van der Waals surface area contributed by atoms with Crippen molar-refractivity contribution in [2.75, 3.05) is 31.6 Å². The highest BCUT2D eigenvalue weighted by molar-refractivity contribution is 6.18. The van der Waals surface area contributed by atoms with Gasteiger partial charge in [0, 0.05) is 11.8 Å². The first-order valence-electron chi connectivity index (χ1n) is 9.16.